The van der Waals surface area contributed by atoms with E-state index in [1.165, 1.54) is 0 Å². The third-order valence-electron chi connectivity index (χ3n) is 0. The molecule has 0 rings (SSSR count). The minimum atomic E-state index is -4.08. The average Bonchev–Trinajstić information content (AvgIpc) is 1.94. The van der Waals surface area contributed by atoms with Crippen LogP contribution in [0.1, 0.15) is 0 Å². The van der Waals surface area contributed by atoms with Gasteiger partial charge in [0.25, 0.3) is 0 Å². The van der Waals surface area contributed by atoms with E-state index in [0.717, 1.165) is 0 Å². The van der Waals surface area contributed by atoms with Crippen LogP contribution in [0.15, 0.2) is 0 Å². The van der Waals surface area contributed by atoms with Crippen molar-refractivity contribution in [2.45, 2.75) is 0 Å². The van der Waals surface area contributed by atoms with Crippen LogP contribution >= 0.6 is 0 Å². The third-order valence-corrected chi connectivity index (χ3v) is 0. The number of rotatable bonds is 0. The molecule has 0 aromatic heterocycles. The first-order chi connectivity index (χ1) is 8.66. The summed E-state index contributed by atoms with van der Waals surface area (Å²) in [7, 11) is 0. The van der Waals surface area contributed by atoms with Crippen LogP contribution in [0, 0.1) is 71.2 Å². The second-order valence-electron chi connectivity index (χ2n) is 1.25. The molecule has 0 radical (unpaired) electrons. The molecule has 0 bridgehead atoms. The van der Waals surface area contributed by atoms with Gasteiger partial charge in [0.05, 0.1) is 0 Å². The van der Waals surface area contributed by atoms with Gasteiger partial charge in [-0.05, 0) is 0 Å². The second-order valence-corrected chi connectivity index (χ2v) is 5.15. The van der Waals surface area contributed by atoms with Gasteiger partial charge in [-0.25, -0.2) is 0 Å². The first-order valence-electron chi connectivity index (χ1n) is 3.06. The molecule has 0 fully saturated rings. The molecule has 0 spiro atoms. The van der Waals surface area contributed by atoms with Gasteiger partial charge >= 0.3 is 264 Å². The summed E-state index contributed by atoms with van der Waals surface area (Å²) >= 11 is -20.4. The van der Waals surface area contributed by atoms with E-state index in [4.69, 9.17) is 53.5 Å². The molecule has 0 amide bonds. The predicted molar refractivity (Wildman–Crippen MR) is 14.9 cm³/mol. The van der Waals surface area contributed by atoms with Gasteiger partial charge in [-0.15, -0.1) is 0 Å². The minimum absolute atomic E-state index is 0. The summed E-state index contributed by atoms with van der Waals surface area (Å²) in [5.74, 6) is 0. The van der Waals surface area contributed by atoms with Crippen molar-refractivity contribution < 1.29 is 218 Å². The Hall–Kier alpha value is 6.09. The molecule has 0 aliphatic rings. The molecule has 0 aliphatic carbocycles. The van der Waals surface area contributed by atoms with Crippen molar-refractivity contribution in [1.82, 2.24) is 0 Å². The summed E-state index contributed by atoms with van der Waals surface area (Å²) in [6.45, 7) is 0. The fourth-order valence-electron chi connectivity index (χ4n) is 0. The zero-order valence-corrected chi connectivity index (χ0v) is 29.1. The fraction of sp³-hybridized carbons (Fsp3) is 0. The average molecular weight is 806 g/mol. The number of hydrogen-bond acceptors (Lipinski definition) is 15. The van der Waals surface area contributed by atoms with Gasteiger partial charge in [0, 0.05) is 0 Å². The molecular weight excluding hydrogens is 806 g/mol. The Labute approximate surface area is 257 Å². The molecule has 0 unspecified atom stereocenters. The van der Waals surface area contributed by atoms with Crippen molar-refractivity contribution in [3.8, 4) is 0 Å². The summed E-state index contributed by atoms with van der Waals surface area (Å²) in [5.41, 5.74) is 0. The fourth-order valence-corrected chi connectivity index (χ4v) is 0. The van der Waals surface area contributed by atoms with Crippen LogP contribution in [0.4, 0.5) is 0 Å². The zero-order chi connectivity index (χ0) is 17.9. The standard InChI is InChI=1S/2La.2Mg.15O.5Ti/q2*+3;2*+2;;;;;;10*-1;;;;;. The van der Waals surface area contributed by atoms with Crippen LogP contribution in [-0.2, 0) is 110 Å². The maximum atomic E-state index is 8.58. The first-order valence-corrected chi connectivity index (χ1v) is 12.6. The van der Waals surface area contributed by atoms with E-state index >= 15 is 0 Å². The molecule has 15 nitrogen and oxygen atoms in total. The van der Waals surface area contributed by atoms with Gasteiger partial charge in [-0.2, -0.15) is 0 Å². The SMILES string of the molecule is [La+3].[La+3].[Mg+2].[Mg+2].[O]=[Ti]([O-])[O-].[O]=[Ti]([O-])[O-].[O]=[Ti]([O-])[O-].[O]=[Ti]([O-])[O-].[O]=[Ti]([O-])[O-]. The summed E-state index contributed by atoms with van der Waals surface area (Å²) in [6.07, 6.45) is 0. The van der Waals surface area contributed by atoms with Gasteiger partial charge in [-0.1, -0.05) is 0 Å². The molecule has 0 aromatic carbocycles. The molecule has 0 saturated heterocycles. The molecular formula is La2Mg2O15Ti5. The normalized spacial score (nSPS) is 5.42. The summed E-state index contributed by atoms with van der Waals surface area (Å²) < 4.78 is 129. The van der Waals surface area contributed by atoms with E-state index in [0.29, 0.717) is 0 Å². The first kappa shape index (κ1) is 57.2. The van der Waals surface area contributed by atoms with Gasteiger partial charge in [0.2, 0.25) is 0 Å². The maximum absolute atomic E-state index is 8.58. The second kappa shape index (κ2) is 51.6. The molecule has 0 aliphatic heterocycles. The predicted octanol–water partition coefficient (Wildman–Crippen LogP) is -13.3. The van der Waals surface area contributed by atoms with E-state index in [9.17, 15) is 0 Å². The molecule has 120 valence electrons. The Kier molecular flexibility index (Phi) is 123. The molecule has 24 heteroatoms. The quantitative estimate of drug-likeness (QED) is 0.205. The summed E-state index contributed by atoms with van der Waals surface area (Å²) in [4.78, 5) is 0. The van der Waals surface area contributed by atoms with Gasteiger partial charge in [0.1, 0.15) is 0 Å². The van der Waals surface area contributed by atoms with E-state index in [-0.39, 0.29) is 117 Å². The summed E-state index contributed by atoms with van der Waals surface area (Å²) in [5, 5.41) is 0. The molecule has 0 saturated carbocycles. The van der Waals surface area contributed by atoms with E-state index < -0.39 is 93.1 Å². The monoisotopic (exact) mass is 805 g/mol. The molecule has 0 atom stereocenters. The van der Waals surface area contributed by atoms with Crippen LogP contribution in [0.25, 0.3) is 0 Å². The van der Waals surface area contributed by atoms with Crippen LogP contribution in [0.2, 0.25) is 0 Å². The molecule has 0 N–H and O–H groups in total. The Morgan fingerprint density at radius 3 is 0.333 bits per heavy atom. The zero-order valence-electron chi connectivity index (χ0n) is 11.2. The Bertz CT molecular complexity index is 221. The topological polar surface area (TPSA) is 316 Å². The van der Waals surface area contributed by atoms with E-state index in [1.54, 1.807) is 0 Å². The van der Waals surface area contributed by atoms with Gasteiger partial charge in [-0.3, -0.25) is 0 Å². The van der Waals surface area contributed by atoms with Crippen molar-refractivity contribution in [1.29, 1.82) is 0 Å². The molecule has 0 aromatic rings. The Morgan fingerprint density at radius 1 is 0.333 bits per heavy atom. The van der Waals surface area contributed by atoms with Crippen molar-refractivity contribution in [3.63, 3.8) is 0 Å². The molecule has 0 heterocycles. The van der Waals surface area contributed by atoms with Gasteiger partial charge in [0.15, 0.2) is 0 Å². The number of hydrogen-bond donors (Lipinski definition) is 0. The van der Waals surface area contributed by atoms with Crippen LogP contribution < -0.4 is 36.9 Å². The van der Waals surface area contributed by atoms with Crippen molar-refractivity contribution in [2.24, 2.45) is 0 Å². The van der Waals surface area contributed by atoms with Crippen LogP contribution in [-0.4, -0.2) is 46.1 Å². The third kappa shape index (κ3) is 555. The molecule has 24 heavy (non-hydrogen) atoms. The van der Waals surface area contributed by atoms with Crippen molar-refractivity contribution >= 4 is 46.1 Å². The van der Waals surface area contributed by atoms with Crippen LogP contribution in [0.5, 0.6) is 0 Å². The Balaban J connectivity index is -0.0000000161. The summed E-state index contributed by atoms with van der Waals surface area (Å²) in [6, 6.07) is 0. The Morgan fingerprint density at radius 2 is 0.333 bits per heavy atom. The van der Waals surface area contributed by atoms with E-state index in [2.05, 4.69) is 0 Å². The van der Waals surface area contributed by atoms with E-state index in [1.807, 2.05) is 0 Å². The van der Waals surface area contributed by atoms with Crippen LogP contribution in [0.3, 0.4) is 0 Å². The van der Waals surface area contributed by atoms with Crippen molar-refractivity contribution in [3.05, 3.63) is 0 Å². The van der Waals surface area contributed by atoms with Crippen molar-refractivity contribution in [2.75, 3.05) is 0 Å². The van der Waals surface area contributed by atoms with Gasteiger partial charge < -0.3 is 0 Å².